The second-order valence-corrected chi connectivity index (χ2v) is 4.42. The minimum Gasteiger partial charge on any atom is -0.469 e. The molecule has 1 heterocycles. The van der Waals surface area contributed by atoms with E-state index in [0.717, 1.165) is 19.4 Å². The Kier molecular flexibility index (Phi) is 6.50. The second kappa shape index (κ2) is 7.93. The molecular weight excluding hydrogens is 228 g/mol. The SMILES string of the molecule is CCCNC(CC)c1ccn(CCC(=O)OC)c1. The number of hydrogen-bond donors (Lipinski definition) is 1. The molecule has 4 heteroatoms. The standard InChI is InChI=1S/C14H24N2O2/c1-4-8-15-13(5-2)12-6-9-16(11-12)10-7-14(17)18-3/h6,9,11,13,15H,4-5,7-8,10H2,1-3H3. The van der Waals surface area contributed by atoms with Crippen LogP contribution in [-0.2, 0) is 16.1 Å². The summed E-state index contributed by atoms with van der Waals surface area (Å²) in [5.74, 6) is -0.165. The highest BCUT2D eigenvalue weighted by Crippen LogP contribution is 2.17. The van der Waals surface area contributed by atoms with Gasteiger partial charge in [-0.15, -0.1) is 0 Å². The van der Waals surface area contributed by atoms with Crippen molar-refractivity contribution in [2.24, 2.45) is 0 Å². The highest BCUT2D eigenvalue weighted by atomic mass is 16.5. The Balaban J connectivity index is 2.52. The number of hydrogen-bond acceptors (Lipinski definition) is 3. The monoisotopic (exact) mass is 252 g/mol. The van der Waals surface area contributed by atoms with Crippen molar-refractivity contribution in [3.8, 4) is 0 Å². The Bertz CT molecular complexity index is 360. The number of aryl methyl sites for hydroxylation is 1. The van der Waals surface area contributed by atoms with Gasteiger partial charge in [0.25, 0.3) is 0 Å². The summed E-state index contributed by atoms with van der Waals surface area (Å²) in [6, 6.07) is 2.53. The van der Waals surface area contributed by atoms with Gasteiger partial charge in [0.05, 0.1) is 13.5 Å². The maximum atomic E-state index is 11.1. The van der Waals surface area contributed by atoms with Crippen LogP contribution in [-0.4, -0.2) is 24.2 Å². The first-order chi connectivity index (χ1) is 8.71. The summed E-state index contributed by atoms with van der Waals surface area (Å²) < 4.78 is 6.68. The molecule has 0 spiro atoms. The fraction of sp³-hybridized carbons (Fsp3) is 0.643. The van der Waals surface area contributed by atoms with Crippen LogP contribution in [0.1, 0.15) is 44.7 Å². The van der Waals surface area contributed by atoms with Crippen molar-refractivity contribution in [1.29, 1.82) is 0 Å². The minimum absolute atomic E-state index is 0.165. The lowest BCUT2D eigenvalue weighted by molar-refractivity contribution is -0.140. The van der Waals surface area contributed by atoms with Gasteiger partial charge in [-0.05, 0) is 31.0 Å². The molecule has 1 aromatic rings. The molecule has 0 fully saturated rings. The number of methoxy groups -OCH3 is 1. The van der Waals surface area contributed by atoms with Gasteiger partial charge in [0, 0.05) is 25.0 Å². The number of nitrogens with zero attached hydrogens (tertiary/aromatic N) is 1. The van der Waals surface area contributed by atoms with Crippen LogP contribution >= 0.6 is 0 Å². The quantitative estimate of drug-likeness (QED) is 0.723. The number of nitrogens with one attached hydrogen (secondary N) is 1. The lowest BCUT2D eigenvalue weighted by atomic mass is 10.1. The van der Waals surface area contributed by atoms with E-state index >= 15 is 0 Å². The van der Waals surface area contributed by atoms with Gasteiger partial charge in [-0.1, -0.05) is 13.8 Å². The molecule has 0 radical (unpaired) electrons. The molecule has 1 rings (SSSR count). The first-order valence-corrected chi connectivity index (χ1v) is 6.67. The summed E-state index contributed by atoms with van der Waals surface area (Å²) in [5, 5.41) is 3.52. The zero-order chi connectivity index (χ0) is 13.4. The highest BCUT2D eigenvalue weighted by molar-refractivity contribution is 5.68. The molecule has 0 aliphatic carbocycles. The summed E-state index contributed by atoms with van der Waals surface area (Å²) in [7, 11) is 1.42. The molecule has 4 nitrogen and oxygen atoms in total. The predicted octanol–water partition coefficient (Wildman–Crippen LogP) is 2.50. The molecule has 1 unspecified atom stereocenters. The molecular formula is C14H24N2O2. The van der Waals surface area contributed by atoms with Crippen LogP contribution in [0.25, 0.3) is 0 Å². The van der Waals surface area contributed by atoms with E-state index in [9.17, 15) is 4.79 Å². The van der Waals surface area contributed by atoms with Crippen molar-refractivity contribution >= 4 is 5.97 Å². The zero-order valence-electron chi connectivity index (χ0n) is 11.6. The number of ether oxygens (including phenoxy) is 1. The summed E-state index contributed by atoms with van der Waals surface area (Å²) in [5.41, 5.74) is 1.29. The van der Waals surface area contributed by atoms with Crippen LogP contribution in [0.15, 0.2) is 18.5 Å². The summed E-state index contributed by atoms with van der Waals surface area (Å²) in [4.78, 5) is 11.1. The number of aromatic nitrogens is 1. The van der Waals surface area contributed by atoms with Gasteiger partial charge < -0.3 is 14.6 Å². The van der Waals surface area contributed by atoms with Gasteiger partial charge >= 0.3 is 5.97 Å². The fourth-order valence-corrected chi connectivity index (χ4v) is 1.94. The Hall–Kier alpha value is -1.29. The average molecular weight is 252 g/mol. The normalized spacial score (nSPS) is 12.4. The van der Waals surface area contributed by atoms with E-state index < -0.39 is 0 Å². The van der Waals surface area contributed by atoms with Crippen LogP contribution in [0, 0.1) is 0 Å². The number of carbonyl (C=O) groups excluding carboxylic acids is 1. The third kappa shape index (κ3) is 4.53. The van der Waals surface area contributed by atoms with E-state index in [1.165, 1.54) is 12.7 Å². The lowest BCUT2D eigenvalue weighted by Gasteiger charge is -2.15. The van der Waals surface area contributed by atoms with Crippen LogP contribution in [0.5, 0.6) is 0 Å². The Morgan fingerprint density at radius 2 is 2.28 bits per heavy atom. The molecule has 0 saturated carbocycles. The van der Waals surface area contributed by atoms with E-state index in [2.05, 4.69) is 36.2 Å². The molecule has 0 aromatic carbocycles. The molecule has 0 aliphatic heterocycles. The topological polar surface area (TPSA) is 43.3 Å². The van der Waals surface area contributed by atoms with Gasteiger partial charge in [-0.2, -0.15) is 0 Å². The van der Waals surface area contributed by atoms with Gasteiger partial charge in [0.2, 0.25) is 0 Å². The molecule has 0 amide bonds. The average Bonchev–Trinajstić information content (AvgIpc) is 2.85. The van der Waals surface area contributed by atoms with E-state index in [4.69, 9.17) is 0 Å². The highest BCUT2D eigenvalue weighted by Gasteiger charge is 2.09. The molecule has 0 bridgehead atoms. The lowest BCUT2D eigenvalue weighted by Crippen LogP contribution is -2.21. The third-order valence-corrected chi connectivity index (χ3v) is 3.03. The van der Waals surface area contributed by atoms with Crippen LogP contribution in [0.2, 0.25) is 0 Å². The van der Waals surface area contributed by atoms with Crippen molar-refractivity contribution in [3.63, 3.8) is 0 Å². The Labute approximate surface area is 109 Å². The largest absolute Gasteiger partial charge is 0.469 e. The van der Waals surface area contributed by atoms with Crippen molar-refractivity contribution < 1.29 is 9.53 Å². The molecule has 1 aromatic heterocycles. The van der Waals surface area contributed by atoms with Gasteiger partial charge in [-0.3, -0.25) is 4.79 Å². The predicted molar refractivity (Wildman–Crippen MR) is 72.4 cm³/mol. The summed E-state index contributed by atoms with van der Waals surface area (Å²) in [6.45, 7) is 6.06. The third-order valence-electron chi connectivity index (χ3n) is 3.03. The van der Waals surface area contributed by atoms with Crippen molar-refractivity contribution in [2.45, 2.75) is 45.7 Å². The van der Waals surface area contributed by atoms with Crippen LogP contribution in [0.3, 0.4) is 0 Å². The molecule has 1 N–H and O–H groups in total. The van der Waals surface area contributed by atoms with Crippen molar-refractivity contribution in [2.75, 3.05) is 13.7 Å². The Morgan fingerprint density at radius 1 is 1.50 bits per heavy atom. The second-order valence-electron chi connectivity index (χ2n) is 4.42. The molecule has 1 atom stereocenters. The van der Waals surface area contributed by atoms with Gasteiger partial charge in [-0.25, -0.2) is 0 Å². The maximum absolute atomic E-state index is 11.1. The molecule has 18 heavy (non-hydrogen) atoms. The summed E-state index contributed by atoms with van der Waals surface area (Å²) in [6.07, 6.45) is 6.76. The fourth-order valence-electron chi connectivity index (χ4n) is 1.94. The van der Waals surface area contributed by atoms with Crippen LogP contribution in [0.4, 0.5) is 0 Å². The van der Waals surface area contributed by atoms with Crippen molar-refractivity contribution in [3.05, 3.63) is 24.0 Å². The minimum atomic E-state index is -0.165. The first-order valence-electron chi connectivity index (χ1n) is 6.67. The number of carbonyl (C=O) groups is 1. The number of esters is 1. The van der Waals surface area contributed by atoms with Crippen LogP contribution < -0.4 is 5.32 Å². The first kappa shape index (κ1) is 14.8. The van der Waals surface area contributed by atoms with E-state index in [1.807, 2.05) is 10.8 Å². The van der Waals surface area contributed by atoms with E-state index in [1.54, 1.807) is 0 Å². The zero-order valence-corrected chi connectivity index (χ0v) is 11.6. The molecule has 102 valence electrons. The molecule has 0 aliphatic rings. The molecule has 0 saturated heterocycles. The Morgan fingerprint density at radius 3 is 2.89 bits per heavy atom. The maximum Gasteiger partial charge on any atom is 0.307 e. The van der Waals surface area contributed by atoms with E-state index in [-0.39, 0.29) is 5.97 Å². The summed E-state index contributed by atoms with van der Waals surface area (Å²) >= 11 is 0. The van der Waals surface area contributed by atoms with Gasteiger partial charge in [0.1, 0.15) is 0 Å². The van der Waals surface area contributed by atoms with E-state index in [0.29, 0.717) is 19.0 Å². The van der Waals surface area contributed by atoms with Crippen molar-refractivity contribution in [1.82, 2.24) is 9.88 Å². The number of rotatable bonds is 8. The smallest absolute Gasteiger partial charge is 0.307 e. The van der Waals surface area contributed by atoms with Gasteiger partial charge in [0.15, 0.2) is 0 Å².